The van der Waals surface area contributed by atoms with Gasteiger partial charge in [0.05, 0.1) is 11.8 Å². The van der Waals surface area contributed by atoms with Crippen LogP contribution in [0.2, 0.25) is 0 Å². The van der Waals surface area contributed by atoms with Crippen LogP contribution in [-0.4, -0.2) is 15.6 Å². The molecule has 3 nitrogen and oxygen atoms in total. The summed E-state index contributed by atoms with van der Waals surface area (Å²) in [5.41, 5.74) is 1.82. The first-order chi connectivity index (χ1) is 11.1. The summed E-state index contributed by atoms with van der Waals surface area (Å²) in [7, 11) is 0. The van der Waals surface area contributed by atoms with E-state index in [0.29, 0.717) is 5.56 Å². The van der Waals surface area contributed by atoms with Crippen LogP contribution in [0.5, 0.6) is 0 Å². The Labute approximate surface area is 139 Å². The topological polar surface area (TPSA) is 34.9 Å². The Morgan fingerprint density at radius 1 is 1.17 bits per heavy atom. The maximum Gasteiger partial charge on any atom is 0.189 e. The summed E-state index contributed by atoms with van der Waals surface area (Å²) >= 11 is 1.67. The summed E-state index contributed by atoms with van der Waals surface area (Å²) in [6, 6.07) is 14.6. The summed E-state index contributed by atoms with van der Waals surface area (Å²) in [5.74, 6) is -0.0217. The molecule has 0 unspecified atom stereocenters. The Balaban J connectivity index is 1.72. The zero-order chi connectivity index (χ0) is 16.2. The van der Waals surface area contributed by atoms with Crippen molar-refractivity contribution >= 4 is 23.2 Å². The minimum Gasteiger partial charge on any atom is -0.289 e. The standard InChI is InChI=1S/C19H18N2OS/c1-14(2)21-13-16(12-20-21)18(22)10-8-17-9-11-19(23-17)15-6-4-3-5-7-15/h3-14H,1-2H3. The average Bonchev–Trinajstić information content (AvgIpc) is 3.23. The van der Waals surface area contributed by atoms with E-state index in [1.807, 2.05) is 44.2 Å². The van der Waals surface area contributed by atoms with E-state index in [0.717, 1.165) is 4.88 Å². The van der Waals surface area contributed by atoms with Gasteiger partial charge >= 0.3 is 0 Å². The summed E-state index contributed by atoms with van der Waals surface area (Å²) in [6.45, 7) is 4.07. The third kappa shape index (κ3) is 3.66. The summed E-state index contributed by atoms with van der Waals surface area (Å²) in [5, 5.41) is 4.20. The number of aromatic nitrogens is 2. The Hall–Kier alpha value is -2.46. The van der Waals surface area contributed by atoms with Gasteiger partial charge in [-0.25, -0.2) is 0 Å². The van der Waals surface area contributed by atoms with Gasteiger partial charge in [0, 0.05) is 22.0 Å². The van der Waals surface area contributed by atoms with Crippen molar-refractivity contribution in [3.63, 3.8) is 0 Å². The smallest absolute Gasteiger partial charge is 0.189 e. The molecule has 23 heavy (non-hydrogen) atoms. The van der Waals surface area contributed by atoms with Gasteiger partial charge in [0.25, 0.3) is 0 Å². The van der Waals surface area contributed by atoms with E-state index in [1.165, 1.54) is 10.4 Å². The van der Waals surface area contributed by atoms with Gasteiger partial charge in [-0.15, -0.1) is 11.3 Å². The zero-order valence-electron chi connectivity index (χ0n) is 13.1. The molecule has 0 aliphatic rings. The van der Waals surface area contributed by atoms with Crippen LogP contribution in [0.15, 0.2) is 60.9 Å². The molecule has 0 spiro atoms. The second kappa shape index (κ2) is 6.75. The van der Waals surface area contributed by atoms with Crippen molar-refractivity contribution in [2.45, 2.75) is 19.9 Å². The van der Waals surface area contributed by atoms with Gasteiger partial charge in [-0.2, -0.15) is 5.10 Å². The van der Waals surface area contributed by atoms with Gasteiger partial charge in [0.1, 0.15) is 0 Å². The molecule has 0 aliphatic heterocycles. The Morgan fingerprint density at radius 3 is 2.65 bits per heavy atom. The van der Waals surface area contributed by atoms with Crippen LogP contribution in [0.1, 0.15) is 35.1 Å². The first kappa shape index (κ1) is 15.4. The molecule has 3 rings (SSSR count). The van der Waals surface area contributed by atoms with Gasteiger partial charge in [-0.1, -0.05) is 30.3 Å². The van der Waals surface area contributed by atoms with E-state index >= 15 is 0 Å². The molecule has 0 aliphatic carbocycles. The second-order valence-electron chi connectivity index (χ2n) is 5.57. The Morgan fingerprint density at radius 2 is 1.96 bits per heavy atom. The largest absolute Gasteiger partial charge is 0.289 e. The normalized spacial score (nSPS) is 11.4. The van der Waals surface area contributed by atoms with E-state index in [-0.39, 0.29) is 11.8 Å². The van der Waals surface area contributed by atoms with Crippen LogP contribution >= 0.6 is 11.3 Å². The minimum absolute atomic E-state index is 0.0217. The van der Waals surface area contributed by atoms with Gasteiger partial charge in [-0.3, -0.25) is 9.48 Å². The van der Waals surface area contributed by atoms with Crippen molar-refractivity contribution in [1.29, 1.82) is 0 Å². The number of allylic oxidation sites excluding steroid dienone is 1. The fourth-order valence-corrected chi connectivity index (χ4v) is 3.12. The Bertz CT molecular complexity index is 828. The fourth-order valence-electron chi connectivity index (χ4n) is 2.20. The average molecular weight is 322 g/mol. The molecule has 2 heterocycles. The maximum atomic E-state index is 12.2. The number of ketones is 1. The lowest BCUT2D eigenvalue weighted by Gasteiger charge is -2.02. The van der Waals surface area contributed by atoms with Crippen LogP contribution < -0.4 is 0 Å². The fraction of sp³-hybridized carbons (Fsp3) is 0.158. The first-order valence-electron chi connectivity index (χ1n) is 7.55. The highest BCUT2D eigenvalue weighted by Gasteiger charge is 2.07. The van der Waals surface area contributed by atoms with Gasteiger partial charge < -0.3 is 0 Å². The van der Waals surface area contributed by atoms with Crippen LogP contribution in [0, 0.1) is 0 Å². The molecule has 0 amide bonds. The van der Waals surface area contributed by atoms with Crippen molar-refractivity contribution in [2.75, 3.05) is 0 Å². The number of hydrogen-bond donors (Lipinski definition) is 0. The molecule has 0 radical (unpaired) electrons. The predicted molar refractivity (Wildman–Crippen MR) is 95.7 cm³/mol. The molecule has 2 aromatic heterocycles. The van der Waals surface area contributed by atoms with E-state index in [9.17, 15) is 4.79 Å². The molecule has 0 atom stereocenters. The highest BCUT2D eigenvalue weighted by atomic mass is 32.1. The molecule has 0 saturated heterocycles. The van der Waals surface area contributed by atoms with E-state index in [4.69, 9.17) is 0 Å². The quantitative estimate of drug-likeness (QED) is 0.484. The number of rotatable bonds is 5. The highest BCUT2D eigenvalue weighted by molar-refractivity contribution is 7.16. The van der Waals surface area contributed by atoms with E-state index < -0.39 is 0 Å². The third-order valence-corrected chi connectivity index (χ3v) is 4.60. The van der Waals surface area contributed by atoms with Gasteiger partial charge in [-0.05, 0) is 43.7 Å². The van der Waals surface area contributed by atoms with E-state index in [1.54, 1.807) is 34.5 Å². The van der Waals surface area contributed by atoms with Crippen LogP contribution in [0.25, 0.3) is 16.5 Å². The van der Waals surface area contributed by atoms with Crippen LogP contribution in [-0.2, 0) is 0 Å². The molecule has 3 aromatic rings. The predicted octanol–water partition coefficient (Wildman–Crippen LogP) is 5.09. The molecule has 0 fully saturated rings. The zero-order valence-corrected chi connectivity index (χ0v) is 14.0. The SMILES string of the molecule is CC(C)n1cc(C(=O)C=Cc2ccc(-c3ccccc3)s2)cn1. The number of nitrogens with zero attached hydrogens (tertiary/aromatic N) is 2. The van der Waals surface area contributed by atoms with Crippen molar-refractivity contribution in [3.05, 3.63) is 71.4 Å². The lowest BCUT2D eigenvalue weighted by atomic mass is 10.2. The number of carbonyl (C=O) groups excluding carboxylic acids is 1. The minimum atomic E-state index is -0.0217. The number of hydrogen-bond acceptors (Lipinski definition) is 3. The van der Waals surface area contributed by atoms with E-state index in [2.05, 4.69) is 23.3 Å². The molecule has 1 aromatic carbocycles. The van der Waals surface area contributed by atoms with Crippen molar-refractivity contribution < 1.29 is 4.79 Å². The maximum absolute atomic E-state index is 12.2. The van der Waals surface area contributed by atoms with Gasteiger partial charge in [0.2, 0.25) is 0 Å². The lowest BCUT2D eigenvalue weighted by Crippen LogP contribution is -2.00. The van der Waals surface area contributed by atoms with Crippen molar-refractivity contribution in [3.8, 4) is 10.4 Å². The molecule has 4 heteroatoms. The summed E-state index contributed by atoms with van der Waals surface area (Å²) in [4.78, 5) is 14.5. The van der Waals surface area contributed by atoms with Gasteiger partial charge in [0.15, 0.2) is 5.78 Å². The molecule has 0 N–H and O–H groups in total. The summed E-state index contributed by atoms with van der Waals surface area (Å²) in [6.07, 6.45) is 6.89. The monoisotopic (exact) mass is 322 g/mol. The molecule has 0 saturated carbocycles. The number of carbonyl (C=O) groups is 1. The van der Waals surface area contributed by atoms with Crippen LogP contribution in [0.4, 0.5) is 0 Å². The third-order valence-electron chi connectivity index (χ3n) is 3.50. The van der Waals surface area contributed by atoms with Crippen molar-refractivity contribution in [1.82, 2.24) is 9.78 Å². The number of thiophene rings is 1. The molecule has 116 valence electrons. The summed E-state index contributed by atoms with van der Waals surface area (Å²) < 4.78 is 1.79. The Kier molecular flexibility index (Phi) is 4.53. The molecular formula is C19H18N2OS. The van der Waals surface area contributed by atoms with Crippen LogP contribution in [0.3, 0.4) is 0 Å². The number of benzene rings is 1. The lowest BCUT2D eigenvalue weighted by molar-refractivity contribution is 0.104. The highest BCUT2D eigenvalue weighted by Crippen LogP contribution is 2.28. The second-order valence-corrected chi connectivity index (χ2v) is 6.68. The molecular weight excluding hydrogens is 304 g/mol. The first-order valence-corrected chi connectivity index (χ1v) is 8.37. The molecule has 0 bridgehead atoms. The van der Waals surface area contributed by atoms with Crippen molar-refractivity contribution in [2.24, 2.45) is 0 Å².